The summed E-state index contributed by atoms with van der Waals surface area (Å²) in [6.07, 6.45) is 3.75. The summed E-state index contributed by atoms with van der Waals surface area (Å²) in [5, 5.41) is 0.689. The van der Waals surface area contributed by atoms with Gasteiger partial charge in [0.15, 0.2) is 16.7 Å². The van der Waals surface area contributed by atoms with Crippen LogP contribution in [0.25, 0.3) is 6.08 Å². The number of benzene rings is 3. The second-order valence-electron chi connectivity index (χ2n) is 8.71. The molecule has 0 aliphatic carbocycles. The van der Waals surface area contributed by atoms with Crippen LogP contribution in [-0.4, -0.2) is 29.1 Å². The summed E-state index contributed by atoms with van der Waals surface area (Å²) >= 11 is 1.38. The van der Waals surface area contributed by atoms with E-state index in [-0.39, 0.29) is 18.3 Å². The van der Waals surface area contributed by atoms with Gasteiger partial charge in [-0.3, -0.25) is 9.69 Å². The minimum absolute atomic E-state index is 0.0475. The molecule has 4 rings (SSSR count). The van der Waals surface area contributed by atoms with Gasteiger partial charge in [-0.1, -0.05) is 49.2 Å². The van der Waals surface area contributed by atoms with Crippen LogP contribution in [0.15, 0.2) is 76.6 Å². The lowest BCUT2D eigenvalue weighted by molar-refractivity contribution is -0.122. The number of carbonyl (C=O) groups excluding carboxylic acids is 1. The minimum atomic E-state index is -0.301. The first-order chi connectivity index (χ1) is 18.0. The SMILES string of the molecule is CCCCN1C(=O)/C(=C\c2ccc(OCc3cccc(F)c3)c(OCC)c2)SC1=Nc1ccc(C)cc1. The van der Waals surface area contributed by atoms with Crippen molar-refractivity contribution in [1.29, 1.82) is 0 Å². The molecule has 7 heteroatoms. The molecule has 0 N–H and O–H groups in total. The van der Waals surface area contributed by atoms with E-state index in [9.17, 15) is 9.18 Å². The summed E-state index contributed by atoms with van der Waals surface area (Å²) in [5.74, 6) is 0.781. The lowest BCUT2D eigenvalue weighted by Crippen LogP contribution is -2.30. The van der Waals surface area contributed by atoms with Gasteiger partial charge in [0.2, 0.25) is 0 Å². The van der Waals surface area contributed by atoms with Crippen molar-refractivity contribution in [1.82, 2.24) is 4.90 Å². The predicted octanol–water partition coefficient (Wildman–Crippen LogP) is 7.52. The highest BCUT2D eigenvalue weighted by Gasteiger charge is 2.33. The second kappa shape index (κ2) is 12.6. The number of rotatable bonds is 10. The van der Waals surface area contributed by atoms with Gasteiger partial charge in [0.1, 0.15) is 12.4 Å². The van der Waals surface area contributed by atoms with Gasteiger partial charge in [0.25, 0.3) is 5.91 Å². The highest BCUT2D eigenvalue weighted by atomic mass is 32.2. The zero-order valence-electron chi connectivity index (χ0n) is 21.4. The number of amides is 1. The fraction of sp³-hybridized carbons (Fsp3) is 0.267. The molecule has 0 unspecified atom stereocenters. The number of unbranched alkanes of at least 4 members (excludes halogenated alkanes) is 1. The number of ether oxygens (including phenoxy) is 2. The average molecular weight is 519 g/mol. The van der Waals surface area contributed by atoms with Crippen molar-refractivity contribution in [2.45, 2.75) is 40.2 Å². The molecule has 3 aromatic carbocycles. The summed E-state index contributed by atoms with van der Waals surface area (Å²) in [6.45, 7) is 7.35. The molecule has 1 aliphatic rings. The normalized spacial score (nSPS) is 15.6. The van der Waals surface area contributed by atoms with Crippen molar-refractivity contribution in [2.24, 2.45) is 4.99 Å². The molecular formula is C30H31FN2O3S. The Kier molecular flexibility index (Phi) is 9.01. The molecule has 1 fully saturated rings. The number of nitrogens with zero attached hydrogens (tertiary/aromatic N) is 2. The minimum Gasteiger partial charge on any atom is -0.490 e. The Labute approximate surface area is 222 Å². The van der Waals surface area contributed by atoms with Gasteiger partial charge in [0.05, 0.1) is 17.2 Å². The summed E-state index contributed by atoms with van der Waals surface area (Å²) in [4.78, 5) is 20.4. The lowest BCUT2D eigenvalue weighted by atomic mass is 10.1. The Morgan fingerprint density at radius 2 is 1.81 bits per heavy atom. The molecule has 1 saturated heterocycles. The van der Waals surface area contributed by atoms with Crippen LogP contribution in [0.4, 0.5) is 10.1 Å². The number of hydrogen-bond donors (Lipinski definition) is 0. The van der Waals surface area contributed by atoms with Crippen LogP contribution >= 0.6 is 11.8 Å². The number of thioether (sulfide) groups is 1. The molecular weight excluding hydrogens is 487 g/mol. The molecule has 0 bridgehead atoms. The molecule has 192 valence electrons. The fourth-order valence-corrected chi connectivity index (χ4v) is 4.80. The van der Waals surface area contributed by atoms with E-state index in [2.05, 4.69) is 6.92 Å². The molecule has 37 heavy (non-hydrogen) atoms. The Morgan fingerprint density at radius 1 is 1.00 bits per heavy atom. The van der Waals surface area contributed by atoms with E-state index in [0.29, 0.717) is 34.7 Å². The predicted molar refractivity (Wildman–Crippen MR) is 149 cm³/mol. The molecule has 0 atom stereocenters. The number of aryl methyl sites for hydroxylation is 1. The Bertz CT molecular complexity index is 1300. The number of amidine groups is 1. The Balaban J connectivity index is 1.57. The van der Waals surface area contributed by atoms with Gasteiger partial charge in [-0.05, 0) is 85.6 Å². The fourth-order valence-electron chi connectivity index (χ4n) is 3.78. The molecule has 1 heterocycles. The Morgan fingerprint density at radius 3 is 2.54 bits per heavy atom. The zero-order valence-corrected chi connectivity index (χ0v) is 22.2. The number of aliphatic imine (C=N–C) groups is 1. The standard InChI is InChI=1S/C30H31FN2O3S/c1-4-6-16-33-29(34)28(37-30(33)32-25-13-10-21(3)11-14-25)19-22-12-15-26(27(18-22)35-5-2)36-20-23-8-7-9-24(31)17-23/h7-15,17-19H,4-6,16,20H2,1-3H3/b28-19+,32-30?. The lowest BCUT2D eigenvalue weighted by Gasteiger charge is -2.15. The smallest absolute Gasteiger partial charge is 0.266 e. The van der Waals surface area contributed by atoms with Crippen LogP contribution in [0.5, 0.6) is 11.5 Å². The van der Waals surface area contributed by atoms with E-state index in [4.69, 9.17) is 14.5 Å². The van der Waals surface area contributed by atoms with Crippen LogP contribution in [-0.2, 0) is 11.4 Å². The molecule has 0 spiro atoms. The van der Waals surface area contributed by atoms with Gasteiger partial charge in [0, 0.05) is 6.54 Å². The van der Waals surface area contributed by atoms with Crippen molar-refractivity contribution >= 4 is 34.6 Å². The van der Waals surface area contributed by atoms with Gasteiger partial charge >= 0.3 is 0 Å². The molecule has 0 radical (unpaired) electrons. The van der Waals surface area contributed by atoms with E-state index >= 15 is 0 Å². The quantitative estimate of drug-likeness (QED) is 0.261. The topological polar surface area (TPSA) is 51.1 Å². The number of hydrogen-bond acceptors (Lipinski definition) is 5. The van der Waals surface area contributed by atoms with Gasteiger partial charge < -0.3 is 9.47 Å². The third-order valence-corrected chi connectivity index (χ3v) is 6.74. The maximum absolute atomic E-state index is 13.5. The first-order valence-electron chi connectivity index (χ1n) is 12.5. The van der Waals surface area contributed by atoms with Crippen LogP contribution in [0.2, 0.25) is 0 Å². The third kappa shape index (κ3) is 7.01. The summed E-state index contributed by atoms with van der Waals surface area (Å²) in [7, 11) is 0. The molecule has 0 aromatic heterocycles. The van der Waals surface area contributed by atoms with Gasteiger partial charge in [-0.2, -0.15) is 0 Å². The van der Waals surface area contributed by atoms with Crippen molar-refractivity contribution in [3.05, 3.63) is 94.1 Å². The van der Waals surface area contributed by atoms with Crippen LogP contribution < -0.4 is 9.47 Å². The largest absolute Gasteiger partial charge is 0.490 e. The maximum Gasteiger partial charge on any atom is 0.266 e. The highest BCUT2D eigenvalue weighted by molar-refractivity contribution is 8.18. The summed E-state index contributed by atoms with van der Waals surface area (Å²) < 4.78 is 25.2. The second-order valence-corrected chi connectivity index (χ2v) is 9.72. The summed E-state index contributed by atoms with van der Waals surface area (Å²) in [5.41, 5.74) is 3.54. The average Bonchev–Trinajstić information content (AvgIpc) is 3.17. The van der Waals surface area contributed by atoms with E-state index in [1.807, 2.05) is 68.5 Å². The molecule has 3 aromatic rings. The highest BCUT2D eigenvalue weighted by Crippen LogP contribution is 2.36. The van der Waals surface area contributed by atoms with Gasteiger partial charge in [-0.25, -0.2) is 9.38 Å². The zero-order chi connectivity index (χ0) is 26.2. The van der Waals surface area contributed by atoms with Gasteiger partial charge in [-0.15, -0.1) is 0 Å². The van der Waals surface area contributed by atoms with Crippen molar-refractivity contribution in [3.8, 4) is 11.5 Å². The monoisotopic (exact) mass is 518 g/mol. The molecule has 1 amide bonds. The van der Waals surface area contributed by atoms with E-state index in [1.54, 1.807) is 11.0 Å². The molecule has 5 nitrogen and oxygen atoms in total. The number of halogens is 1. The van der Waals surface area contributed by atoms with E-state index in [0.717, 1.165) is 35.2 Å². The van der Waals surface area contributed by atoms with Crippen molar-refractivity contribution in [2.75, 3.05) is 13.2 Å². The van der Waals surface area contributed by atoms with Crippen LogP contribution in [0.3, 0.4) is 0 Å². The van der Waals surface area contributed by atoms with Crippen LogP contribution in [0, 0.1) is 12.7 Å². The van der Waals surface area contributed by atoms with Crippen LogP contribution in [0.1, 0.15) is 43.4 Å². The van der Waals surface area contributed by atoms with E-state index < -0.39 is 0 Å². The maximum atomic E-state index is 13.5. The Hall–Kier alpha value is -3.58. The summed E-state index contributed by atoms with van der Waals surface area (Å²) in [6, 6.07) is 19.8. The number of carbonyl (C=O) groups is 1. The van der Waals surface area contributed by atoms with Crippen molar-refractivity contribution in [3.63, 3.8) is 0 Å². The van der Waals surface area contributed by atoms with Crippen molar-refractivity contribution < 1.29 is 18.7 Å². The first-order valence-corrected chi connectivity index (χ1v) is 13.3. The molecule has 0 saturated carbocycles. The first kappa shape index (κ1) is 26.5. The molecule has 1 aliphatic heterocycles. The van der Waals surface area contributed by atoms with E-state index in [1.165, 1.54) is 23.9 Å². The third-order valence-electron chi connectivity index (χ3n) is 5.73.